The van der Waals surface area contributed by atoms with Crippen LogP contribution < -0.4 is 11.1 Å². The Balaban J connectivity index is 2.08. The van der Waals surface area contributed by atoms with Crippen LogP contribution in [0, 0.1) is 18.3 Å². The number of hydrogen-bond acceptors (Lipinski definition) is 2. The van der Waals surface area contributed by atoms with Gasteiger partial charge in [0.1, 0.15) is 0 Å². The number of rotatable bonds is 3. The van der Waals surface area contributed by atoms with Gasteiger partial charge in [-0.15, -0.1) is 0 Å². The van der Waals surface area contributed by atoms with Crippen molar-refractivity contribution in [2.24, 2.45) is 17.1 Å². The highest BCUT2D eigenvalue weighted by molar-refractivity contribution is 5.52. The molecule has 1 fully saturated rings. The third kappa shape index (κ3) is 3.35. The summed E-state index contributed by atoms with van der Waals surface area (Å²) in [5.41, 5.74) is 9.19. The number of hydrogen-bond donors (Lipinski definition) is 2. The standard InChI is InChI=1S/C18H30N2/c1-14-7-5-6-8-16(14)20-18(13-19)11-9-15(10-12-18)17(2,3)4/h5-8,15,20H,9-13,19H2,1-4H3. The molecule has 0 aromatic heterocycles. The molecular formula is C18H30N2. The van der Waals surface area contributed by atoms with Gasteiger partial charge >= 0.3 is 0 Å². The first-order chi connectivity index (χ1) is 9.36. The summed E-state index contributed by atoms with van der Waals surface area (Å²) in [6, 6.07) is 8.52. The van der Waals surface area contributed by atoms with Crippen molar-refractivity contribution < 1.29 is 0 Å². The van der Waals surface area contributed by atoms with Crippen LogP contribution >= 0.6 is 0 Å². The molecule has 1 aliphatic carbocycles. The summed E-state index contributed by atoms with van der Waals surface area (Å²) in [6.45, 7) is 9.97. The predicted octanol–water partition coefficient (Wildman–Crippen LogP) is 4.34. The zero-order valence-electron chi connectivity index (χ0n) is 13.5. The Hall–Kier alpha value is -1.02. The maximum Gasteiger partial charge on any atom is 0.0496 e. The monoisotopic (exact) mass is 274 g/mol. The number of para-hydroxylation sites is 1. The van der Waals surface area contributed by atoms with E-state index in [9.17, 15) is 0 Å². The normalized spacial score (nSPS) is 27.4. The van der Waals surface area contributed by atoms with Crippen molar-refractivity contribution >= 4 is 5.69 Å². The van der Waals surface area contributed by atoms with Crippen LogP contribution in [-0.2, 0) is 0 Å². The van der Waals surface area contributed by atoms with Gasteiger partial charge in [0.25, 0.3) is 0 Å². The average Bonchev–Trinajstić information content (AvgIpc) is 2.41. The molecule has 2 nitrogen and oxygen atoms in total. The van der Waals surface area contributed by atoms with Crippen molar-refractivity contribution in [3.05, 3.63) is 29.8 Å². The van der Waals surface area contributed by atoms with Crippen molar-refractivity contribution in [2.75, 3.05) is 11.9 Å². The first-order valence-electron chi connectivity index (χ1n) is 7.90. The lowest BCUT2D eigenvalue weighted by atomic mass is 9.67. The van der Waals surface area contributed by atoms with E-state index in [-0.39, 0.29) is 5.54 Å². The van der Waals surface area contributed by atoms with Gasteiger partial charge in [0.15, 0.2) is 0 Å². The van der Waals surface area contributed by atoms with Gasteiger partial charge in [-0.1, -0.05) is 39.0 Å². The molecule has 0 atom stereocenters. The predicted molar refractivity (Wildman–Crippen MR) is 88.0 cm³/mol. The number of nitrogens with one attached hydrogen (secondary N) is 1. The molecule has 112 valence electrons. The van der Waals surface area contributed by atoms with Crippen molar-refractivity contribution in [1.29, 1.82) is 0 Å². The Morgan fingerprint density at radius 2 is 1.80 bits per heavy atom. The van der Waals surface area contributed by atoms with Crippen LogP contribution in [0.25, 0.3) is 0 Å². The highest BCUT2D eigenvalue weighted by Crippen LogP contribution is 2.42. The van der Waals surface area contributed by atoms with E-state index in [4.69, 9.17) is 5.73 Å². The molecule has 1 aromatic carbocycles. The second-order valence-electron chi connectivity index (χ2n) is 7.56. The lowest BCUT2D eigenvalue weighted by Crippen LogP contribution is -2.49. The van der Waals surface area contributed by atoms with Crippen molar-refractivity contribution in [3.8, 4) is 0 Å². The first kappa shape index (κ1) is 15.4. The minimum absolute atomic E-state index is 0.0911. The molecule has 0 spiro atoms. The van der Waals surface area contributed by atoms with Gasteiger partial charge in [0.05, 0.1) is 0 Å². The second kappa shape index (κ2) is 5.77. The molecule has 0 heterocycles. The molecule has 2 rings (SSSR count). The van der Waals surface area contributed by atoms with Gasteiger partial charge in [-0.25, -0.2) is 0 Å². The zero-order chi connectivity index (χ0) is 14.8. The molecule has 0 radical (unpaired) electrons. The molecule has 1 aromatic rings. The van der Waals surface area contributed by atoms with E-state index in [0.29, 0.717) is 5.41 Å². The summed E-state index contributed by atoms with van der Waals surface area (Å²) < 4.78 is 0. The van der Waals surface area contributed by atoms with E-state index in [0.717, 1.165) is 12.5 Å². The number of nitrogens with two attached hydrogens (primary N) is 1. The first-order valence-corrected chi connectivity index (χ1v) is 7.90. The van der Waals surface area contributed by atoms with Crippen LogP contribution in [0.15, 0.2) is 24.3 Å². The van der Waals surface area contributed by atoms with E-state index < -0.39 is 0 Å². The van der Waals surface area contributed by atoms with E-state index in [1.54, 1.807) is 0 Å². The quantitative estimate of drug-likeness (QED) is 0.860. The molecule has 3 N–H and O–H groups in total. The van der Waals surface area contributed by atoms with Gasteiger partial charge in [-0.3, -0.25) is 0 Å². The summed E-state index contributed by atoms with van der Waals surface area (Å²) in [4.78, 5) is 0. The molecule has 0 aliphatic heterocycles. The topological polar surface area (TPSA) is 38.0 Å². The Morgan fingerprint density at radius 1 is 1.20 bits per heavy atom. The van der Waals surface area contributed by atoms with Crippen LogP contribution in [0.4, 0.5) is 5.69 Å². The Labute approximate surface area is 124 Å². The number of anilines is 1. The van der Waals surface area contributed by atoms with Gasteiger partial charge in [-0.05, 0) is 55.6 Å². The Bertz CT molecular complexity index is 437. The second-order valence-corrected chi connectivity index (χ2v) is 7.56. The van der Waals surface area contributed by atoms with Crippen molar-refractivity contribution in [1.82, 2.24) is 0 Å². The summed E-state index contributed by atoms with van der Waals surface area (Å²) in [7, 11) is 0. The molecule has 2 heteroatoms. The van der Waals surface area contributed by atoms with Gasteiger partial charge in [0.2, 0.25) is 0 Å². The van der Waals surface area contributed by atoms with E-state index in [1.165, 1.54) is 36.9 Å². The van der Waals surface area contributed by atoms with Crippen LogP contribution in [0.2, 0.25) is 0 Å². The molecule has 0 unspecified atom stereocenters. The van der Waals surface area contributed by atoms with Crippen LogP contribution in [0.5, 0.6) is 0 Å². The molecule has 0 amide bonds. The number of benzene rings is 1. The van der Waals surface area contributed by atoms with Crippen LogP contribution in [0.3, 0.4) is 0 Å². The molecular weight excluding hydrogens is 244 g/mol. The van der Waals surface area contributed by atoms with E-state index in [1.807, 2.05) is 0 Å². The van der Waals surface area contributed by atoms with Gasteiger partial charge in [-0.2, -0.15) is 0 Å². The highest BCUT2D eigenvalue weighted by Gasteiger charge is 2.37. The van der Waals surface area contributed by atoms with Crippen LogP contribution in [-0.4, -0.2) is 12.1 Å². The highest BCUT2D eigenvalue weighted by atomic mass is 15.0. The minimum Gasteiger partial charge on any atom is -0.378 e. The summed E-state index contributed by atoms with van der Waals surface area (Å²) >= 11 is 0. The van der Waals surface area contributed by atoms with Crippen molar-refractivity contribution in [3.63, 3.8) is 0 Å². The Kier molecular flexibility index (Phi) is 4.43. The molecule has 0 saturated heterocycles. The van der Waals surface area contributed by atoms with E-state index >= 15 is 0 Å². The largest absolute Gasteiger partial charge is 0.378 e. The minimum atomic E-state index is 0.0911. The fraction of sp³-hybridized carbons (Fsp3) is 0.667. The third-order valence-corrected chi connectivity index (χ3v) is 5.10. The summed E-state index contributed by atoms with van der Waals surface area (Å²) in [5, 5.41) is 3.76. The molecule has 1 aliphatic rings. The molecule has 20 heavy (non-hydrogen) atoms. The maximum absolute atomic E-state index is 6.13. The number of aryl methyl sites for hydroxylation is 1. The lowest BCUT2D eigenvalue weighted by molar-refractivity contribution is 0.145. The summed E-state index contributed by atoms with van der Waals surface area (Å²) in [5.74, 6) is 0.820. The third-order valence-electron chi connectivity index (χ3n) is 5.10. The SMILES string of the molecule is Cc1ccccc1NC1(CN)CCC(C(C)(C)C)CC1. The fourth-order valence-corrected chi connectivity index (χ4v) is 3.42. The van der Waals surface area contributed by atoms with Crippen molar-refractivity contribution in [2.45, 2.75) is 58.9 Å². The zero-order valence-corrected chi connectivity index (χ0v) is 13.5. The lowest BCUT2D eigenvalue weighted by Gasteiger charge is -2.44. The molecule has 1 saturated carbocycles. The maximum atomic E-state index is 6.13. The smallest absolute Gasteiger partial charge is 0.0496 e. The van der Waals surface area contributed by atoms with Crippen LogP contribution in [0.1, 0.15) is 52.0 Å². The fourth-order valence-electron chi connectivity index (χ4n) is 3.42. The average molecular weight is 274 g/mol. The summed E-state index contributed by atoms with van der Waals surface area (Å²) in [6.07, 6.45) is 4.92. The van der Waals surface area contributed by atoms with Gasteiger partial charge in [0, 0.05) is 17.8 Å². The molecule has 0 bridgehead atoms. The van der Waals surface area contributed by atoms with E-state index in [2.05, 4.69) is 57.3 Å². The van der Waals surface area contributed by atoms with Gasteiger partial charge < -0.3 is 11.1 Å². The Morgan fingerprint density at radius 3 is 2.30 bits per heavy atom.